The number of aromatic nitrogens is 2. The van der Waals surface area contributed by atoms with Crippen molar-refractivity contribution in [2.45, 2.75) is 6.42 Å². The average Bonchev–Trinajstić information content (AvgIpc) is 2.83. The second kappa shape index (κ2) is 5.01. The van der Waals surface area contributed by atoms with Gasteiger partial charge < -0.3 is 10.2 Å². The van der Waals surface area contributed by atoms with E-state index in [0.29, 0.717) is 17.6 Å². The molecule has 0 bridgehead atoms. The van der Waals surface area contributed by atoms with Gasteiger partial charge in [-0.15, -0.1) is 0 Å². The minimum Gasteiger partial charge on any atom is -0.340 e. The van der Waals surface area contributed by atoms with E-state index >= 15 is 0 Å². The van der Waals surface area contributed by atoms with Gasteiger partial charge in [-0.25, -0.2) is 14.4 Å². The first-order valence-electron chi connectivity index (χ1n) is 7.19. The van der Waals surface area contributed by atoms with Crippen LogP contribution in [-0.2, 0) is 11.2 Å². The molecule has 3 aromatic rings. The van der Waals surface area contributed by atoms with Gasteiger partial charge in [0.15, 0.2) is 0 Å². The second-order valence-corrected chi connectivity index (χ2v) is 5.46. The number of fused-ring (bicyclic) bond motifs is 2. The fourth-order valence-electron chi connectivity index (χ4n) is 2.84. The van der Waals surface area contributed by atoms with Crippen molar-refractivity contribution in [3.63, 3.8) is 0 Å². The van der Waals surface area contributed by atoms with Crippen LogP contribution in [-0.4, -0.2) is 22.9 Å². The molecule has 0 radical (unpaired) electrons. The van der Waals surface area contributed by atoms with Gasteiger partial charge in [-0.1, -0.05) is 6.07 Å². The number of para-hydroxylation sites is 1. The predicted octanol–water partition coefficient (Wildman–Crippen LogP) is 3.03. The third kappa shape index (κ3) is 2.19. The topological polar surface area (TPSA) is 58.1 Å². The molecule has 0 unspecified atom stereocenters. The van der Waals surface area contributed by atoms with E-state index < -0.39 is 0 Å². The number of amides is 1. The second-order valence-electron chi connectivity index (χ2n) is 5.46. The molecule has 0 saturated carbocycles. The number of nitrogens with zero attached hydrogens (tertiary/aromatic N) is 3. The molecular weight excluding hydrogens is 295 g/mol. The molecule has 0 fully saturated rings. The molecule has 1 aromatic heterocycles. The molecule has 0 aliphatic carbocycles. The first-order valence-corrected chi connectivity index (χ1v) is 7.19. The standard InChI is InChI=1S/C17H13FN4O/c1-22-14-6-5-11(7-10(14)8-15(22)23)21-17-12-3-2-4-13(18)16(12)19-9-20-17/h2-7,9H,8H2,1H3,(H,19,20,21). The summed E-state index contributed by atoms with van der Waals surface area (Å²) < 4.78 is 13.8. The zero-order chi connectivity index (χ0) is 16.0. The number of hydrogen-bond donors (Lipinski definition) is 1. The van der Waals surface area contributed by atoms with Gasteiger partial charge in [-0.2, -0.15) is 0 Å². The van der Waals surface area contributed by atoms with Crippen LogP contribution in [0.4, 0.5) is 21.6 Å². The van der Waals surface area contributed by atoms with Crippen LogP contribution in [0.1, 0.15) is 5.56 Å². The van der Waals surface area contributed by atoms with Crippen molar-refractivity contribution >= 4 is 34.0 Å². The van der Waals surface area contributed by atoms with Crippen molar-refractivity contribution in [1.29, 1.82) is 0 Å². The van der Waals surface area contributed by atoms with Crippen LogP contribution in [0.2, 0.25) is 0 Å². The molecular formula is C17H13FN4O. The lowest BCUT2D eigenvalue weighted by Gasteiger charge is -2.12. The van der Waals surface area contributed by atoms with Gasteiger partial charge in [0.1, 0.15) is 23.5 Å². The molecule has 0 atom stereocenters. The van der Waals surface area contributed by atoms with Crippen LogP contribution in [0.25, 0.3) is 10.9 Å². The number of likely N-dealkylation sites (N-methyl/N-ethyl adjacent to an activating group) is 1. The number of halogens is 1. The van der Waals surface area contributed by atoms with Crippen molar-refractivity contribution in [3.8, 4) is 0 Å². The number of rotatable bonds is 2. The molecule has 2 heterocycles. The zero-order valence-electron chi connectivity index (χ0n) is 12.4. The highest BCUT2D eigenvalue weighted by Gasteiger charge is 2.23. The van der Waals surface area contributed by atoms with E-state index in [0.717, 1.165) is 16.9 Å². The third-order valence-corrected chi connectivity index (χ3v) is 4.03. The lowest BCUT2D eigenvalue weighted by atomic mass is 10.1. The molecule has 0 saturated heterocycles. The average molecular weight is 308 g/mol. The summed E-state index contributed by atoms with van der Waals surface area (Å²) in [6.45, 7) is 0. The minimum atomic E-state index is -0.380. The van der Waals surface area contributed by atoms with Crippen LogP contribution >= 0.6 is 0 Å². The number of carbonyl (C=O) groups is 1. The summed E-state index contributed by atoms with van der Waals surface area (Å²) in [5, 5.41) is 3.80. The van der Waals surface area contributed by atoms with Crippen LogP contribution in [0.5, 0.6) is 0 Å². The molecule has 1 aliphatic heterocycles. The Morgan fingerprint density at radius 1 is 1.22 bits per heavy atom. The Labute approximate surface area is 131 Å². The maximum absolute atomic E-state index is 13.8. The summed E-state index contributed by atoms with van der Waals surface area (Å²) in [6, 6.07) is 10.5. The summed E-state index contributed by atoms with van der Waals surface area (Å²) >= 11 is 0. The Balaban J connectivity index is 1.74. The lowest BCUT2D eigenvalue weighted by Crippen LogP contribution is -2.20. The highest BCUT2D eigenvalue weighted by Crippen LogP contribution is 2.32. The van der Waals surface area contributed by atoms with Gasteiger partial charge in [0.05, 0.1) is 6.42 Å². The molecule has 4 rings (SSSR count). The zero-order valence-corrected chi connectivity index (χ0v) is 12.4. The van der Waals surface area contributed by atoms with Crippen molar-refractivity contribution in [3.05, 3.63) is 54.1 Å². The maximum Gasteiger partial charge on any atom is 0.231 e. The summed E-state index contributed by atoms with van der Waals surface area (Å²) in [5.41, 5.74) is 2.96. The van der Waals surface area contributed by atoms with E-state index in [9.17, 15) is 9.18 Å². The van der Waals surface area contributed by atoms with Crippen LogP contribution < -0.4 is 10.2 Å². The molecule has 1 amide bonds. The van der Waals surface area contributed by atoms with Gasteiger partial charge in [0, 0.05) is 23.8 Å². The summed E-state index contributed by atoms with van der Waals surface area (Å²) in [6.07, 6.45) is 1.72. The number of nitrogens with one attached hydrogen (secondary N) is 1. The summed E-state index contributed by atoms with van der Waals surface area (Å²) in [5.74, 6) is 0.230. The molecule has 2 aromatic carbocycles. The van der Waals surface area contributed by atoms with Crippen LogP contribution in [0, 0.1) is 5.82 Å². The Morgan fingerprint density at radius 3 is 2.96 bits per heavy atom. The van der Waals surface area contributed by atoms with E-state index in [4.69, 9.17) is 0 Å². The van der Waals surface area contributed by atoms with Gasteiger partial charge in [0.2, 0.25) is 5.91 Å². The molecule has 114 valence electrons. The highest BCUT2D eigenvalue weighted by atomic mass is 19.1. The first kappa shape index (κ1) is 13.6. The van der Waals surface area contributed by atoms with Crippen LogP contribution in [0.15, 0.2) is 42.7 Å². The molecule has 0 spiro atoms. The van der Waals surface area contributed by atoms with Gasteiger partial charge >= 0.3 is 0 Å². The monoisotopic (exact) mass is 308 g/mol. The van der Waals surface area contributed by atoms with Gasteiger partial charge in [-0.05, 0) is 35.9 Å². The van der Waals surface area contributed by atoms with Crippen molar-refractivity contribution in [1.82, 2.24) is 9.97 Å². The summed E-state index contributed by atoms with van der Waals surface area (Å²) in [7, 11) is 1.77. The predicted molar refractivity (Wildman–Crippen MR) is 86.3 cm³/mol. The minimum absolute atomic E-state index is 0.0757. The van der Waals surface area contributed by atoms with E-state index in [-0.39, 0.29) is 17.2 Å². The fraction of sp³-hybridized carbons (Fsp3) is 0.118. The molecule has 1 N–H and O–H groups in total. The van der Waals surface area contributed by atoms with E-state index in [2.05, 4.69) is 15.3 Å². The van der Waals surface area contributed by atoms with Crippen molar-refractivity contribution in [2.24, 2.45) is 0 Å². The number of carbonyl (C=O) groups excluding carboxylic acids is 1. The van der Waals surface area contributed by atoms with Crippen LogP contribution in [0.3, 0.4) is 0 Å². The molecule has 6 heteroatoms. The number of hydrogen-bond acceptors (Lipinski definition) is 4. The Bertz CT molecular complexity index is 941. The van der Waals surface area contributed by atoms with E-state index in [1.807, 2.05) is 18.2 Å². The molecule has 5 nitrogen and oxygen atoms in total. The smallest absolute Gasteiger partial charge is 0.231 e. The Hall–Kier alpha value is -3.02. The van der Waals surface area contributed by atoms with Crippen molar-refractivity contribution < 1.29 is 9.18 Å². The fourth-order valence-corrected chi connectivity index (χ4v) is 2.84. The van der Waals surface area contributed by atoms with Gasteiger partial charge in [0.25, 0.3) is 0 Å². The molecule has 1 aliphatic rings. The van der Waals surface area contributed by atoms with Gasteiger partial charge in [-0.3, -0.25) is 4.79 Å². The first-order chi connectivity index (χ1) is 11.1. The Kier molecular flexibility index (Phi) is 2.97. The maximum atomic E-state index is 13.8. The number of benzene rings is 2. The SMILES string of the molecule is CN1C(=O)Cc2cc(Nc3ncnc4c(F)cccc34)ccc21. The molecule has 23 heavy (non-hydrogen) atoms. The number of anilines is 3. The lowest BCUT2D eigenvalue weighted by molar-refractivity contribution is -0.117. The van der Waals surface area contributed by atoms with Crippen molar-refractivity contribution in [2.75, 3.05) is 17.3 Å². The quantitative estimate of drug-likeness (QED) is 0.790. The highest BCUT2D eigenvalue weighted by molar-refractivity contribution is 6.01. The summed E-state index contributed by atoms with van der Waals surface area (Å²) in [4.78, 5) is 21.6. The normalized spacial score (nSPS) is 13.5. The van der Waals surface area contributed by atoms with E-state index in [1.54, 1.807) is 24.1 Å². The third-order valence-electron chi connectivity index (χ3n) is 4.03. The van der Waals surface area contributed by atoms with E-state index in [1.165, 1.54) is 12.4 Å². The largest absolute Gasteiger partial charge is 0.340 e. The Morgan fingerprint density at radius 2 is 2.09 bits per heavy atom.